The van der Waals surface area contributed by atoms with Crippen LogP contribution in [0, 0.1) is 12.8 Å². The Morgan fingerprint density at radius 3 is 2.21 bits per heavy atom. The van der Waals surface area contributed by atoms with Crippen LogP contribution in [0.2, 0.25) is 0 Å². The maximum absolute atomic E-state index is 14.3. The first kappa shape index (κ1) is 31.7. The van der Waals surface area contributed by atoms with Crippen LogP contribution in [-0.2, 0) is 20.9 Å². The number of phenolic OH excluding ortho intramolecular Hbond substituents is 1. The molecule has 3 N–H and O–H groups in total. The van der Waals surface area contributed by atoms with Crippen molar-refractivity contribution < 1.29 is 24.2 Å². The molecule has 8 heteroatoms. The van der Waals surface area contributed by atoms with Crippen LogP contribution in [0.3, 0.4) is 0 Å². The summed E-state index contributed by atoms with van der Waals surface area (Å²) < 4.78 is 5.44. The molecule has 0 aliphatic carbocycles. The maximum atomic E-state index is 14.3. The lowest BCUT2D eigenvalue weighted by Gasteiger charge is -2.38. The van der Waals surface area contributed by atoms with E-state index in [4.69, 9.17) is 4.74 Å². The highest BCUT2D eigenvalue weighted by molar-refractivity contribution is 5.92. The lowest BCUT2D eigenvalue weighted by Crippen LogP contribution is -2.55. The molecule has 0 saturated carbocycles. The van der Waals surface area contributed by atoms with Crippen LogP contribution in [0.1, 0.15) is 84.0 Å². The monoisotopic (exact) mass is 539 g/mol. The molecule has 0 fully saturated rings. The molecule has 0 saturated heterocycles. The molecule has 0 spiro atoms. The van der Waals surface area contributed by atoms with E-state index in [0.717, 1.165) is 5.56 Å². The molecule has 3 amide bonds. The molecule has 214 valence electrons. The van der Waals surface area contributed by atoms with Crippen LogP contribution < -0.4 is 10.6 Å². The predicted molar refractivity (Wildman–Crippen MR) is 153 cm³/mol. The number of amides is 3. The topological polar surface area (TPSA) is 108 Å². The van der Waals surface area contributed by atoms with Crippen molar-refractivity contribution in [2.75, 3.05) is 0 Å². The molecule has 3 atom stereocenters. The van der Waals surface area contributed by atoms with Crippen molar-refractivity contribution in [3.8, 4) is 5.75 Å². The highest BCUT2D eigenvalue weighted by Gasteiger charge is 2.39. The Hall–Kier alpha value is -3.55. The standard InChI is InChI=1S/C31H45N3O5/c1-9-22(5)34(29(37)25(18-20(2)3)33-30(38)39-31(6,7)8)26(24-17-13-14-21(4)27(24)35)28(36)32-19-23-15-11-10-12-16-23/h10-17,20,22,25-26,35H,9,18-19H2,1-8H3,(H,32,36)(H,33,38). The number of hydrogen-bond acceptors (Lipinski definition) is 5. The predicted octanol–water partition coefficient (Wildman–Crippen LogP) is 5.62. The van der Waals surface area contributed by atoms with Crippen LogP contribution >= 0.6 is 0 Å². The van der Waals surface area contributed by atoms with Crippen molar-refractivity contribution in [2.24, 2.45) is 5.92 Å². The number of rotatable bonds is 11. The van der Waals surface area contributed by atoms with Gasteiger partial charge in [0, 0.05) is 18.2 Å². The lowest BCUT2D eigenvalue weighted by molar-refractivity contribution is -0.145. The van der Waals surface area contributed by atoms with Gasteiger partial charge in [0.2, 0.25) is 11.8 Å². The van der Waals surface area contributed by atoms with Crippen molar-refractivity contribution in [1.29, 1.82) is 0 Å². The summed E-state index contributed by atoms with van der Waals surface area (Å²) in [5, 5.41) is 16.7. The minimum absolute atomic E-state index is 0.0426. The number of aryl methyl sites for hydroxylation is 1. The number of hydrogen-bond donors (Lipinski definition) is 3. The van der Waals surface area contributed by atoms with Gasteiger partial charge in [-0.05, 0) is 64.5 Å². The molecule has 0 bridgehead atoms. The quantitative estimate of drug-likeness (QED) is 0.343. The van der Waals surface area contributed by atoms with Gasteiger partial charge >= 0.3 is 6.09 Å². The summed E-state index contributed by atoms with van der Waals surface area (Å²) in [7, 11) is 0. The van der Waals surface area contributed by atoms with E-state index in [1.807, 2.05) is 58.0 Å². The van der Waals surface area contributed by atoms with Crippen LogP contribution in [0.4, 0.5) is 4.79 Å². The fourth-order valence-electron chi connectivity index (χ4n) is 4.32. The molecule has 39 heavy (non-hydrogen) atoms. The summed E-state index contributed by atoms with van der Waals surface area (Å²) in [5.74, 6) is -0.803. The molecular weight excluding hydrogens is 494 g/mol. The van der Waals surface area contributed by atoms with E-state index >= 15 is 0 Å². The average Bonchev–Trinajstić information content (AvgIpc) is 2.85. The Morgan fingerprint density at radius 2 is 1.64 bits per heavy atom. The first-order chi connectivity index (χ1) is 18.2. The second-order valence-electron chi connectivity index (χ2n) is 11.4. The second-order valence-corrected chi connectivity index (χ2v) is 11.4. The number of aromatic hydroxyl groups is 1. The van der Waals surface area contributed by atoms with Crippen molar-refractivity contribution in [3.63, 3.8) is 0 Å². The molecule has 0 radical (unpaired) electrons. The van der Waals surface area contributed by atoms with E-state index < -0.39 is 35.6 Å². The maximum Gasteiger partial charge on any atom is 0.408 e. The molecule has 0 aromatic heterocycles. The minimum atomic E-state index is -1.12. The van der Waals surface area contributed by atoms with Gasteiger partial charge in [-0.25, -0.2) is 4.79 Å². The van der Waals surface area contributed by atoms with Crippen LogP contribution in [0.15, 0.2) is 48.5 Å². The number of nitrogens with one attached hydrogen (secondary N) is 2. The third-order valence-electron chi connectivity index (χ3n) is 6.42. The zero-order valence-corrected chi connectivity index (χ0v) is 24.6. The van der Waals surface area contributed by atoms with Crippen molar-refractivity contribution in [1.82, 2.24) is 15.5 Å². The van der Waals surface area contributed by atoms with E-state index in [0.29, 0.717) is 24.0 Å². The molecule has 2 aromatic rings. The van der Waals surface area contributed by atoms with Gasteiger partial charge in [0.05, 0.1) is 0 Å². The summed E-state index contributed by atoms with van der Waals surface area (Å²) in [4.78, 5) is 42.4. The number of benzene rings is 2. The summed E-state index contributed by atoms with van der Waals surface area (Å²) in [6.07, 6.45) is 0.208. The number of phenols is 1. The van der Waals surface area contributed by atoms with Gasteiger partial charge in [-0.1, -0.05) is 69.3 Å². The summed E-state index contributed by atoms with van der Waals surface area (Å²) >= 11 is 0. The van der Waals surface area contributed by atoms with Crippen molar-refractivity contribution >= 4 is 17.9 Å². The zero-order chi connectivity index (χ0) is 29.3. The molecule has 0 heterocycles. The van der Waals surface area contributed by atoms with Crippen molar-refractivity contribution in [3.05, 3.63) is 65.2 Å². The third-order valence-corrected chi connectivity index (χ3v) is 6.42. The van der Waals surface area contributed by atoms with Gasteiger partial charge in [-0.15, -0.1) is 0 Å². The normalized spacial score (nSPS) is 13.8. The van der Waals surface area contributed by atoms with E-state index in [2.05, 4.69) is 10.6 Å². The Balaban J connectivity index is 2.55. The number of carbonyl (C=O) groups is 3. The van der Waals surface area contributed by atoms with Gasteiger partial charge in [-0.2, -0.15) is 0 Å². The van der Waals surface area contributed by atoms with Crippen LogP contribution in [-0.4, -0.2) is 45.6 Å². The minimum Gasteiger partial charge on any atom is -0.507 e. The smallest absolute Gasteiger partial charge is 0.408 e. The van der Waals surface area contributed by atoms with Crippen LogP contribution in [0.5, 0.6) is 5.75 Å². The van der Waals surface area contributed by atoms with Crippen LogP contribution in [0.25, 0.3) is 0 Å². The van der Waals surface area contributed by atoms with Gasteiger partial charge in [-0.3, -0.25) is 9.59 Å². The number of ether oxygens (including phenoxy) is 1. The Labute approximate surface area is 233 Å². The Morgan fingerprint density at radius 1 is 1.00 bits per heavy atom. The van der Waals surface area contributed by atoms with Gasteiger partial charge in [0.25, 0.3) is 0 Å². The molecule has 2 aromatic carbocycles. The highest BCUT2D eigenvalue weighted by Crippen LogP contribution is 2.34. The van der Waals surface area contributed by atoms with Crippen molar-refractivity contribution in [2.45, 2.75) is 98.5 Å². The van der Waals surface area contributed by atoms with E-state index in [9.17, 15) is 19.5 Å². The zero-order valence-electron chi connectivity index (χ0n) is 24.6. The molecule has 3 unspecified atom stereocenters. The Kier molecular flexibility index (Phi) is 11.4. The highest BCUT2D eigenvalue weighted by atomic mass is 16.6. The first-order valence-electron chi connectivity index (χ1n) is 13.7. The number of para-hydroxylation sites is 1. The number of alkyl carbamates (subject to hydrolysis) is 1. The number of nitrogens with zero attached hydrogens (tertiary/aromatic N) is 1. The largest absolute Gasteiger partial charge is 0.507 e. The molecular formula is C31H45N3O5. The summed E-state index contributed by atoms with van der Waals surface area (Å²) in [6.45, 7) is 15.0. The first-order valence-corrected chi connectivity index (χ1v) is 13.7. The van der Waals surface area contributed by atoms with E-state index in [-0.39, 0.29) is 24.3 Å². The fourth-order valence-corrected chi connectivity index (χ4v) is 4.32. The van der Waals surface area contributed by atoms with Gasteiger partial charge in [0.1, 0.15) is 23.4 Å². The van der Waals surface area contributed by atoms with Gasteiger partial charge in [0.15, 0.2) is 0 Å². The molecule has 0 aliphatic heterocycles. The number of carbonyl (C=O) groups excluding carboxylic acids is 3. The van der Waals surface area contributed by atoms with Gasteiger partial charge < -0.3 is 25.4 Å². The fraction of sp³-hybridized carbons (Fsp3) is 0.516. The molecule has 2 rings (SSSR count). The summed E-state index contributed by atoms with van der Waals surface area (Å²) in [5.41, 5.74) is 1.09. The second kappa shape index (κ2) is 14.0. The Bertz CT molecular complexity index is 1110. The molecule has 8 nitrogen and oxygen atoms in total. The average molecular weight is 540 g/mol. The SMILES string of the molecule is CCC(C)N(C(=O)C(CC(C)C)NC(=O)OC(C)(C)C)C(C(=O)NCc1ccccc1)c1cccc(C)c1O. The summed E-state index contributed by atoms with van der Waals surface area (Å²) in [6, 6.07) is 12.2. The third kappa shape index (κ3) is 9.30. The van der Waals surface area contributed by atoms with E-state index in [1.165, 1.54) is 4.90 Å². The lowest BCUT2D eigenvalue weighted by atomic mass is 9.95. The molecule has 0 aliphatic rings. The van der Waals surface area contributed by atoms with E-state index in [1.54, 1.807) is 45.9 Å².